The Morgan fingerprint density at radius 3 is 1.70 bits per heavy atom. The number of aliphatic imine (C=N–C) groups is 1. The lowest BCUT2D eigenvalue weighted by molar-refractivity contribution is 0.125. The predicted octanol–water partition coefficient (Wildman–Crippen LogP) is 0.104. The molecule has 4 nitrogen and oxygen atoms in total. The topological polar surface area (TPSA) is 40.0 Å². The summed E-state index contributed by atoms with van der Waals surface area (Å²) in [7, 11) is 2.19. The summed E-state index contributed by atoms with van der Waals surface area (Å²) in [5.41, 5.74) is 0. The molecule has 0 saturated carbocycles. The van der Waals surface area contributed by atoms with Gasteiger partial charge in [0.15, 0.2) is 0 Å². The van der Waals surface area contributed by atoms with Gasteiger partial charge in [-0.1, -0.05) is 0 Å². The van der Waals surface area contributed by atoms with E-state index in [-0.39, 0.29) is 0 Å². The van der Waals surface area contributed by atoms with Gasteiger partial charge in [0.05, 0.1) is 0 Å². The van der Waals surface area contributed by atoms with Crippen molar-refractivity contribution < 1.29 is 13.3 Å². The maximum Gasteiger partial charge on any atom is 0.522 e. The number of hydrogen-bond donors (Lipinski definition) is 0. The van der Waals surface area contributed by atoms with E-state index in [1.807, 2.05) is 0 Å². The first-order chi connectivity index (χ1) is 4.74. The monoisotopic (exact) mass is 163 g/mol. The predicted molar refractivity (Wildman–Crippen MR) is 41.2 cm³/mol. The largest absolute Gasteiger partial charge is 0.522 e. The molecule has 0 radical (unpaired) electrons. The third kappa shape index (κ3) is 2.18. The van der Waals surface area contributed by atoms with Crippen LogP contribution in [0.1, 0.15) is 0 Å². The van der Waals surface area contributed by atoms with Gasteiger partial charge in [-0.2, -0.15) is 0 Å². The van der Waals surface area contributed by atoms with E-state index in [9.17, 15) is 0 Å². The molecule has 0 spiro atoms. The van der Waals surface area contributed by atoms with Crippen LogP contribution in [0.3, 0.4) is 0 Å². The van der Waals surface area contributed by atoms with Crippen LogP contribution in [-0.4, -0.2) is 43.0 Å². The molecule has 0 aliphatic heterocycles. The average molecular weight is 163 g/mol. The second-order valence-electron chi connectivity index (χ2n) is 1.68. The molecule has 0 aliphatic carbocycles. The van der Waals surface area contributed by atoms with E-state index in [1.165, 1.54) is 0 Å². The van der Waals surface area contributed by atoms with Crippen molar-refractivity contribution >= 4 is 15.5 Å². The Morgan fingerprint density at radius 1 is 1.20 bits per heavy atom. The van der Waals surface area contributed by atoms with Crippen LogP contribution in [0.15, 0.2) is 4.99 Å². The smallest absolute Gasteiger partial charge is 0.376 e. The lowest BCUT2D eigenvalue weighted by atomic mass is 11.4. The first kappa shape index (κ1) is 9.77. The molecule has 0 rings (SSSR count). The van der Waals surface area contributed by atoms with Gasteiger partial charge in [-0.15, -0.1) is 0 Å². The van der Waals surface area contributed by atoms with Gasteiger partial charge in [-0.3, -0.25) is 4.99 Å². The first-order valence-electron chi connectivity index (χ1n) is 2.82. The summed E-state index contributed by atoms with van der Waals surface area (Å²) in [5.74, 6) is 0. The third-order valence-corrected chi connectivity index (χ3v) is 3.72. The molecular formula is C5H13NO3Si. The van der Waals surface area contributed by atoms with Crippen LogP contribution < -0.4 is 0 Å². The Balaban J connectivity index is 4.00. The van der Waals surface area contributed by atoms with Gasteiger partial charge < -0.3 is 13.3 Å². The highest BCUT2D eigenvalue weighted by molar-refractivity contribution is 6.60. The molecular weight excluding hydrogens is 150 g/mol. The van der Waals surface area contributed by atoms with Gasteiger partial charge >= 0.3 is 8.80 Å². The van der Waals surface area contributed by atoms with Gasteiger partial charge in [0.25, 0.3) is 0 Å². The summed E-state index contributed by atoms with van der Waals surface area (Å²) in [6.07, 6.45) is 0.399. The van der Waals surface area contributed by atoms with E-state index < -0.39 is 8.80 Å². The third-order valence-electron chi connectivity index (χ3n) is 1.24. The molecule has 0 saturated heterocycles. The van der Waals surface area contributed by atoms with E-state index in [0.717, 1.165) is 0 Å². The molecule has 0 unspecified atom stereocenters. The summed E-state index contributed by atoms with van der Waals surface area (Å²) in [6, 6.07) is 0. The lowest BCUT2D eigenvalue weighted by Gasteiger charge is -2.21. The second kappa shape index (κ2) is 4.56. The van der Waals surface area contributed by atoms with Crippen molar-refractivity contribution in [1.29, 1.82) is 0 Å². The van der Waals surface area contributed by atoms with Crippen molar-refractivity contribution in [3.05, 3.63) is 0 Å². The molecule has 60 valence electrons. The van der Waals surface area contributed by atoms with E-state index in [2.05, 4.69) is 11.7 Å². The standard InChI is InChI=1S/C5H13NO3Si/c1-6-5-10(7-2,8-3)9-4/h1,5H2,2-4H3. The number of nitrogens with zero attached hydrogens (tertiary/aromatic N) is 1. The van der Waals surface area contributed by atoms with Crippen molar-refractivity contribution in [2.75, 3.05) is 27.5 Å². The zero-order valence-corrected chi connectivity index (χ0v) is 7.59. The van der Waals surface area contributed by atoms with Crippen LogP contribution >= 0.6 is 0 Å². The normalized spacial score (nSPS) is 11.5. The van der Waals surface area contributed by atoms with Crippen LogP contribution in [0.2, 0.25) is 0 Å². The molecule has 10 heavy (non-hydrogen) atoms. The van der Waals surface area contributed by atoms with Gasteiger partial charge in [0.1, 0.15) is 6.17 Å². The van der Waals surface area contributed by atoms with Crippen molar-refractivity contribution in [3.8, 4) is 0 Å². The minimum Gasteiger partial charge on any atom is -0.376 e. The van der Waals surface area contributed by atoms with E-state index in [1.54, 1.807) is 21.3 Å². The van der Waals surface area contributed by atoms with Crippen LogP contribution in [-0.2, 0) is 13.3 Å². The van der Waals surface area contributed by atoms with Gasteiger partial charge in [-0.05, 0) is 6.72 Å². The molecule has 0 amide bonds. The fourth-order valence-corrected chi connectivity index (χ4v) is 1.74. The summed E-state index contributed by atoms with van der Waals surface area (Å²) in [6.45, 7) is 3.33. The highest BCUT2D eigenvalue weighted by Crippen LogP contribution is 2.04. The highest BCUT2D eigenvalue weighted by atomic mass is 28.4. The molecule has 5 heteroatoms. The Morgan fingerprint density at radius 2 is 1.60 bits per heavy atom. The minimum atomic E-state index is -2.45. The number of hydrogen-bond acceptors (Lipinski definition) is 4. The average Bonchev–Trinajstić information content (AvgIpc) is 2.01. The maximum absolute atomic E-state index is 5.04. The SMILES string of the molecule is C=NC[Si](OC)(OC)OC. The summed E-state index contributed by atoms with van der Waals surface area (Å²) < 4.78 is 15.1. The van der Waals surface area contributed by atoms with E-state index in [0.29, 0.717) is 6.17 Å². The van der Waals surface area contributed by atoms with Crippen molar-refractivity contribution in [2.45, 2.75) is 0 Å². The molecule has 0 heterocycles. The maximum atomic E-state index is 5.04. The van der Waals surface area contributed by atoms with Gasteiger partial charge in [-0.25, -0.2) is 0 Å². The van der Waals surface area contributed by atoms with Crippen molar-refractivity contribution in [1.82, 2.24) is 0 Å². The Hall–Kier alpha value is -0.233. The van der Waals surface area contributed by atoms with Gasteiger partial charge in [0, 0.05) is 21.3 Å². The fraction of sp³-hybridized carbons (Fsp3) is 0.800. The molecule has 0 fully saturated rings. The quantitative estimate of drug-likeness (QED) is 0.426. The first-order valence-corrected chi connectivity index (χ1v) is 4.75. The van der Waals surface area contributed by atoms with Crippen LogP contribution in [0.4, 0.5) is 0 Å². The number of rotatable bonds is 5. The van der Waals surface area contributed by atoms with E-state index in [4.69, 9.17) is 13.3 Å². The zero-order chi connectivity index (χ0) is 8.04. The van der Waals surface area contributed by atoms with Gasteiger partial charge in [0.2, 0.25) is 0 Å². The Kier molecular flexibility index (Phi) is 4.46. The summed E-state index contributed by atoms with van der Waals surface area (Å²) >= 11 is 0. The Labute approximate surface area is 62.2 Å². The molecule has 0 N–H and O–H groups in total. The molecule has 0 aromatic rings. The van der Waals surface area contributed by atoms with Crippen LogP contribution in [0.25, 0.3) is 0 Å². The highest BCUT2D eigenvalue weighted by Gasteiger charge is 2.37. The lowest BCUT2D eigenvalue weighted by Crippen LogP contribution is -2.46. The zero-order valence-electron chi connectivity index (χ0n) is 6.59. The van der Waals surface area contributed by atoms with Crippen molar-refractivity contribution in [3.63, 3.8) is 0 Å². The van der Waals surface area contributed by atoms with E-state index >= 15 is 0 Å². The Bertz CT molecular complexity index is 96.8. The molecule has 0 aromatic carbocycles. The van der Waals surface area contributed by atoms with Crippen molar-refractivity contribution in [2.24, 2.45) is 4.99 Å². The minimum absolute atomic E-state index is 0.399. The molecule has 0 atom stereocenters. The summed E-state index contributed by atoms with van der Waals surface area (Å²) in [4.78, 5) is 3.66. The molecule has 0 bridgehead atoms. The molecule has 0 aliphatic rings. The summed E-state index contributed by atoms with van der Waals surface area (Å²) in [5, 5.41) is 0. The van der Waals surface area contributed by atoms with Crippen LogP contribution in [0, 0.1) is 0 Å². The van der Waals surface area contributed by atoms with Crippen LogP contribution in [0.5, 0.6) is 0 Å². The molecule has 0 aromatic heterocycles. The fourth-order valence-electron chi connectivity index (χ4n) is 0.581. The second-order valence-corrected chi connectivity index (χ2v) is 4.58.